The van der Waals surface area contributed by atoms with Crippen LogP contribution in [0.15, 0.2) is 24.7 Å². The van der Waals surface area contributed by atoms with Gasteiger partial charge in [-0.25, -0.2) is 0 Å². The fraction of sp³-hybridized carbons (Fsp3) is 0.778. The molecule has 5 nitrogen and oxygen atoms in total. The number of ether oxygens (including phenoxy) is 3. The van der Waals surface area contributed by atoms with Crippen molar-refractivity contribution in [1.82, 2.24) is 9.80 Å². The fourth-order valence-corrected chi connectivity index (χ4v) is 2.81. The molecule has 2 rings (SSSR count). The molecule has 2 aliphatic rings. The van der Waals surface area contributed by atoms with Gasteiger partial charge >= 0.3 is 0 Å². The lowest BCUT2D eigenvalue weighted by molar-refractivity contribution is 0.0375. The molecule has 23 heavy (non-hydrogen) atoms. The van der Waals surface area contributed by atoms with Crippen molar-refractivity contribution in [3.63, 3.8) is 0 Å². The molecule has 0 amide bonds. The highest BCUT2D eigenvalue weighted by molar-refractivity contribution is 4.80. The van der Waals surface area contributed by atoms with E-state index in [1.54, 1.807) is 12.5 Å². The van der Waals surface area contributed by atoms with Gasteiger partial charge < -0.3 is 14.2 Å². The zero-order valence-electron chi connectivity index (χ0n) is 14.3. The largest absolute Gasteiger partial charge is 0.473 e. The van der Waals surface area contributed by atoms with Gasteiger partial charge in [0.05, 0.1) is 39.0 Å². The molecule has 0 atom stereocenters. The predicted octanol–water partition coefficient (Wildman–Crippen LogP) is 2.26. The van der Waals surface area contributed by atoms with Gasteiger partial charge in [-0.05, 0) is 50.9 Å². The Morgan fingerprint density at radius 1 is 0.696 bits per heavy atom. The Kier molecular flexibility index (Phi) is 10.1. The van der Waals surface area contributed by atoms with Crippen LogP contribution in [0.4, 0.5) is 0 Å². The Balaban J connectivity index is 1.37. The van der Waals surface area contributed by atoms with Crippen LogP contribution in [-0.2, 0) is 14.2 Å². The minimum atomic E-state index is 0.884. The number of nitrogens with zero attached hydrogens (tertiary/aromatic N) is 2. The number of hydrogen-bond donors (Lipinski definition) is 0. The number of allylic oxidation sites excluding steroid dienone is 2. The first-order valence-electron chi connectivity index (χ1n) is 9.01. The van der Waals surface area contributed by atoms with Crippen LogP contribution in [0, 0.1) is 0 Å². The van der Waals surface area contributed by atoms with Gasteiger partial charge in [-0.3, -0.25) is 9.80 Å². The minimum absolute atomic E-state index is 0.884. The summed E-state index contributed by atoms with van der Waals surface area (Å²) in [6.45, 7) is 10.2. The molecule has 0 aromatic carbocycles. The second kappa shape index (κ2) is 12.5. The summed E-state index contributed by atoms with van der Waals surface area (Å²) < 4.78 is 16.1. The van der Waals surface area contributed by atoms with E-state index >= 15 is 0 Å². The van der Waals surface area contributed by atoms with Crippen LogP contribution in [0.1, 0.15) is 25.7 Å². The lowest BCUT2D eigenvalue weighted by atomic mass is 10.2. The lowest BCUT2D eigenvalue weighted by Gasteiger charge is -2.26. The van der Waals surface area contributed by atoms with Crippen molar-refractivity contribution in [1.29, 1.82) is 0 Å². The summed E-state index contributed by atoms with van der Waals surface area (Å²) in [5.41, 5.74) is 0. The normalized spacial score (nSPS) is 21.4. The van der Waals surface area contributed by atoms with E-state index in [2.05, 4.69) is 22.0 Å². The fourth-order valence-electron chi connectivity index (χ4n) is 2.81. The third-order valence-corrected chi connectivity index (χ3v) is 4.25. The molecule has 0 aromatic rings. The molecule has 2 saturated heterocycles. The molecule has 0 spiro atoms. The van der Waals surface area contributed by atoms with Crippen LogP contribution in [0.5, 0.6) is 0 Å². The maximum absolute atomic E-state index is 5.39. The summed E-state index contributed by atoms with van der Waals surface area (Å²) in [6.07, 6.45) is 12.3. The predicted molar refractivity (Wildman–Crippen MR) is 92.4 cm³/mol. The number of unbranched alkanes of at least 4 members (excludes halogenated alkanes) is 2. The maximum Gasteiger partial charge on any atom is 0.0861 e. The van der Waals surface area contributed by atoms with Gasteiger partial charge in [0.2, 0.25) is 0 Å². The molecule has 2 aliphatic heterocycles. The first-order chi connectivity index (χ1) is 11.4. The highest BCUT2D eigenvalue weighted by Gasteiger charge is 2.09. The summed E-state index contributed by atoms with van der Waals surface area (Å²) in [5, 5.41) is 0. The molecule has 5 heteroatoms. The quantitative estimate of drug-likeness (QED) is 0.455. The first kappa shape index (κ1) is 18.5. The van der Waals surface area contributed by atoms with Crippen LogP contribution < -0.4 is 0 Å². The number of hydrogen-bond acceptors (Lipinski definition) is 5. The van der Waals surface area contributed by atoms with Crippen molar-refractivity contribution in [2.75, 3.05) is 65.7 Å². The number of rotatable bonds is 10. The van der Waals surface area contributed by atoms with Gasteiger partial charge in [0.15, 0.2) is 0 Å². The molecule has 2 heterocycles. The molecule has 2 fully saturated rings. The Morgan fingerprint density at radius 3 is 1.57 bits per heavy atom. The molecule has 132 valence electrons. The third kappa shape index (κ3) is 9.11. The van der Waals surface area contributed by atoms with Crippen molar-refractivity contribution in [3.8, 4) is 0 Å². The molecule has 0 bridgehead atoms. The molecule has 0 aliphatic carbocycles. The van der Waals surface area contributed by atoms with Gasteiger partial charge in [-0.15, -0.1) is 0 Å². The van der Waals surface area contributed by atoms with Crippen LogP contribution in [0.2, 0.25) is 0 Å². The van der Waals surface area contributed by atoms with E-state index in [1.165, 1.54) is 12.8 Å². The van der Waals surface area contributed by atoms with E-state index in [4.69, 9.17) is 14.2 Å². The Hall–Kier alpha value is -0.880. The van der Waals surface area contributed by atoms with Crippen LogP contribution >= 0.6 is 0 Å². The molecule has 0 aromatic heterocycles. The van der Waals surface area contributed by atoms with Gasteiger partial charge in [0, 0.05) is 26.2 Å². The highest BCUT2D eigenvalue weighted by atomic mass is 16.5. The van der Waals surface area contributed by atoms with E-state index in [1.807, 2.05) is 0 Å². The van der Waals surface area contributed by atoms with E-state index in [0.717, 1.165) is 78.5 Å². The standard InChI is InChI=1S/C18H32N2O3/c1(3-7-19-9-15-22-16-10-19)5-13-21-14-6-2-4-8-20-11-17-23-18-12-20/h5-6,13-14H,1-4,7-12,15-18H2. The van der Waals surface area contributed by atoms with Crippen molar-refractivity contribution in [3.05, 3.63) is 24.7 Å². The van der Waals surface area contributed by atoms with Crippen molar-refractivity contribution in [2.45, 2.75) is 25.7 Å². The Bertz CT molecular complexity index is 303. The highest BCUT2D eigenvalue weighted by Crippen LogP contribution is 2.02. The van der Waals surface area contributed by atoms with E-state index in [-0.39, 0.29) is 0 Å². The smallest absolute Gasteiger partial charge is 0.0861 e. The summed E-state index contributed by atoms with van der Waals surface area (Å²) in [6, 6.07) is 0. The third-order valence-electron chi connectivity index (χ3n) is 4.25. The second-order valence-electron chi connectivity index (χ2n) is 6.07. The Labute approximate surface area is 140 Å². The van der Waals surface area contributed by atoms with Crippen LogP contribution in [0.25, 0.3) is 0 Å². The summed E-state index contributed by atoms with van der Waals surface area (Å²) >= 11 is 0. The van der Waals surface area contributed by atoms with Crippen molar-refractivity contribution >= 4 is 0 Å². The van der Waals surface area contributed by atoms with Gasteiger partial charge in [-0.1, -0.05) is 0 Å². The van der Waals surface area contributed by atoms with E-state index in [0.29, 0.717) is 0 Å². The van der Waals surface area contributed by atoms with Gasteiger partial charge in [0.25, 0.3) is 0 Å². The number of morpholine rings is 2. The topological polar surface area (TPSA) is 34.2 Å². The molecule has 0 radical (unpaired) electrons. The molecule has 0 unspecified atom stereocenters. The maximum atomic E-state index is 5.39. The average Bonchev–Trinajstić information content (AvgIpc) is 2.61. The Morgan fingerprint density at radius 2 is 1.13 bits per heavy atom. The zero-order chi connectivity index (χ0) is 16.0. The van der Waals surface area contributed by atoms with Gasteiger partial charge in [0.1, 0.15) is 0 Å². The zero-order valence-corrected chi connectivity index (χ0v) is 14.3. The SMILES string of the molecule is C(=COC=CCCCN1CCOCC1)CCCN1CCOCC1. The monoisotopic (exact) mass is 324 g/mol. The van der Waals surface area contributed by atoms with Crippen molar-refractivity contribution < 1.29 is 14.2 Å². The summed E-state index contributed by atoms with van der Waals surface area (Å²) in [5.74, 6) is 0. The minimum Gasteiger partial charge on any atom is -0.473 e. The van der Waals surface area contributed by atoms with Crippen LogP contribution in [-0.4, -0.2) is 75.5 Å². The molecule has 0 saturated carbocycles. The molecular weight excluding hydrogens is 292 g/mol. The molecular formula is C18H32N2O3. The second-order valence-corrected chi connectivity index (χ2v) is 6.07. The molecule has 0 N–H and O–H groups in total. The first-order valence-corrected chi connectivity index (χ1v) is 9.01. The average molecular weight is 324 g/mol. The lowest BCUT2D eigenvalue weighted by Crippen LogP contribution is -2.36. The van der Waals surface area contributed by atoms with Gasteiger partial charge in [-0.2, -0.15) is 0 Å². The van der Waals surface area contributed by atoms with E-state index in [9.17, 15) is 0 Å². The van der Waals surface area contributed by atoms with E-state index < -0.39 is 0 Å². The van der Waals surface area contributed by atoms with Crippen LogP contribution in [0.3, 0.4) is 0 Å². The summed E-state index contributed by atoms with van der Waals surface area (Å²) in [7, 11) is 0. The summed E-state index contributed by atoms with van der Waals surface area (Å²) in [4.78, 5) is 4.93. The van der Waals surface area contributed by atoms with Crippen molar-refractivity contribution in [2.24, 2.45) is 0 Å².